The molecule has 0 bridgehead atoms. The van der Waals surface area contributed by atoms with Gasteiger partial charge in [-0.2, -0.15) is 0 Å². The molecule has 0 amide bonds. The lowest BCUT2D eigenvalue weighted by atomic mass is 9.99. The van der Waals surface area contributed by atoms with Crippen LogP contribution in [0.4, 0.5) is 0 Å². The Bertz CT molecular complexity index is 88.5. The summed E-state index contributed by atoms with van der Waals surface area (Å²) in [7, 11) is 0. The van der Waals surface area contributed by atoms with Gasteiger partial charge in [-0.1, -0.05) is 33.0 Å². The summed E-state index contributed by atoms with van der Waals surface area (Å²) in [4.78, 5) is 0.625. The van der Waals surface area contributed by atoms with Crippen LogP contribution < -0.4 is 5.73 Å². The van der Waals surface area contributed by atoms with Crippen molar-refractivity contribution in [1.29, 1.82) is 0 Å². The van der Waals surface area contributed by atoms with E-state index in [2.05, 4.69) is 13.8 Å². The summed E-state index contributed by atoms with van der Waals surface area (Å²) in [5.41, 5.74) is 5.37. The van der Waals surface area contributed by atoms with Crippen LogP contribution in [-0.4, -0.2) is 4.99 Å². The SMILES string of the molecule is CC(C)C(C)C(N)=S. The smallest absolute Gasteiger partial charge is 0.0758 e. The molecule has 1 nitrogen and oxygen atoms in total. The summed E-state index contributed by atoms with van der Waals surface area (Å²) < 4.78 is 0. The van der Waals surface area contributed by atoms with E-state index in [-0.39, 0.29) is 0 Å². The second-order valence-corrected chi connectivity index (χ2v) is 2.91. The maximum absolute atomic E-state index is 5.37. The Morgan fingerprint density at radius 1 is 1.38 bits per heavy atom. The summed E-state index contributed by atoms with van der Waals surface area (Å²) in [6, 6.07) is 0. The number of hydrogen-bond acceptors (Lipinski definition) is 1. The fraction of sp³-hybridized carbons (Fsp3) is 0.833. The van der Waals surface area contributed by atoms with Gasteiger partial charge in [0.15, 0.2) is 0 Å². The number of nitrogens with two attached hydrogens (primary N) is 1. The molecule has 0 rings (SSSR count). The minimum atomic E-state index is 0.380. The molecule has 0 aromatic heterocycles. The quantitative estimate of drug-likeness (QED) is 0.576. The highest BCUT2D eigenvalue weighted by atomic mass is 32.1. The first-order valence-corrected chi connectivity index (χ1v) is 3.26. The Labute approximate surface area is 56.3 Å². The van der Waals surface area contributed by atoms with Gasteiger partial charge in [-0.25, -0.2) is 0 Å². The Morgan fingerprint density at radius 3 is 1.75 bits per heavy atom. The summed E-state index contributed by atoms with van der Waals surface area (Å²) >= 11 is 4.77. The van der Waals surface area contributed by atoms with Crippen molar-refractivity contribution < 1.29 is 0 Å². The van der Waals surface area contributed by atoms with Crippen molar-refractivity contribution in [3.05, 3.63) is 0 Å². The van der Waals surface area contributed by atoms with Crippen molar-refractivity contribution in [2.75, 3.05) is 0 Å². The molecule has 0 aliphatic carbocycles. The molecule has 0 radical (unpaired) electrons. The molecule has 0 heterocycles. The fourth-order valence-electron chi connectivity index (χ4n) is 0.329. The van der Waals surface area contributed by atoms with E-state index >= 15 is 0 Å². The van der Waals surface area contributed by atoms with Crippen LogP contribution >= 0.6 is 12.2 Å². The maximum Gasteiger partial charge on any atom is 0.0758 e. The maximum atomic E-state index is 5.37. The minimum absolute atomic E-state index is 0.380. The van der Waals surface area contributed by atoms with Crippen molar-refractivity contribution in [3.8, 4) is 0 Å². The van der Waals surface area contributed by atoms with Crippen molar-refractivity contribution in [2.24, 2.45) is 17.6 Å². The van der Waals surface area contributed by atoms with Gasteiger partial charge >= 0.3 is 0 Å². The molecule has 0 spiro atoms. The average molecular weight is 131 g/mol. The third kappa shape index (κ3) is 2.26. The first-order chi connectivity index (χ1) is 3.55. The largest absolute Gasteiger partial charge is 0.393 e. The Hall–Kier alpha value is -0.110. The third-order valence-electron chi connectivity index (χ3n) is 1.45. The van der Waals surface area contributed by atoms with Gasteiger partial charge in [0.1, 0.15) is 0 Å². The highest BCUT2D eigenvalue weighted by Gasteiger charge is 2.07. The van der Waals surface area contributed by atoms with Gasteiger partial charge < -0.3 is 5.73 Å². The molecule has 0 saturated heterocycles. The lowest BCUT2D eigenvalue weighted by Gasteiger charge is -2.11. The molecule has 2 N–H and O–H groups in total. The average Bonchev–Trinajstić information content (AvgIpc) is 1.64. The van der Waals surface area contributed by atoms with Crippen molar-refractivity contribution >= 4 is 17.2 Å². The number of thiocarbonyl (C=S) groups is 1. The van der Waals surface area contributed by atoms with Crippen molar-refractivity contribution in [1.82, 2.24) is 0 Å². The number of rotatable bonds is 2. The zero-order valence-corrected chi connectivity index (χ0v) is 6.46. The van der Waals surface area contributed by atoms with Gasteiger partial charge in [-0.3, -0.25) is 0 Å². The lowest BCUT2D eigenvalue weighted by Crippen LogP contribution is -2.22. The van der Waals surface area contributed by atoms with E-state index in [0.29, 0.717) is 16.8 Å². The molecule has 0 aromatic rings. The third-order valence-corrected chi connectivity index (χ3v) is 1.82. The van der Waals surface area contributed by atoms with E-state index in [0.717, 1.165) is 0 Å². The van der Waals surface area contributed by atoms with Gasteiger partial charge in [-0.15, -0.1) is 0 Å². The molecule has 0 saturated carbocycles. The highest BCUT2D eigenvalue weighted by molar-refractivity contribution is 7.80. The van der Waals surface area contributed by atoms with Crippen molar-refractivity contribution in [3.63, 3.8) is 0 Å². The Morgan fingerprint density at radius 2 is 1.75 bits per heavy atom. The van der Waals surface area contributed by atoms with Crippen LogP contribution in [0.1, 0.15) is 20.8 Å². The van der Waals surface area contributed by atoms with E-state index in [9.17, 15) is 0 Å². The second-order valence-electron chi connectivity index (χ2n) is 2.44. The molecule has 1 unspecified atom stereocenters. The summed E-state index contributed by atoms with van der Waals surface area (Å²) in [6.45, 7) is 6.28. The van der Waals surface area contributed by atoms with Crippen molar-refractivity contribution in [2.45, 2.75) is 20.8 Å². The molecule has 0 fully saturated rings. The predicted molar refractivity (Wildman–Crippen MR) is 40.8 cm³/mol. The van der Waals surface area contributed by atoms with Gasteiger partial charge in [0.05, 0.1) is 4.99 Å². The van der Waals surface area contributed by atoms with Gasteiger partial charge in [0, 0.05) is 5.92 Å². The van der Waals surface area contributed by atoms with Crippen LogP contribution in [0, 0.1) is 11.8 Å². The molecule has 8 heavy (non-hydrogen) atoms. The van der Waals surface area contributed by atoms with Gasteiger partial charge in [0.2, 0.25) is 0 Å². The topological polar surface area (TPSA) is 26.0 Å². The predicted octanol–water partition coefficient (Wildman–Crippen LogP) is 1.56. The lowest BCUT2D eigenvalue weighted by molar-refractivity contribution is 0.534. The first-order valence-electron chi connectivity index (χ1n) is 2.85. The summed E-state index contributed by atoms with van der Waals surface area (Å²) in [5.74, 6) is 0.956. The van der Waals surface area contributed by atoms with E-state index in [1.165, 1.54) is 0 Å². The molecular formula is C6H13NS. The summed E-state index contributed by atoms with van der Waals surface area (Å²) in [5, 5.41) is 0. The molecule has 1 atom stereocenters. The molecule has 2 heteroatoms. The molecule has 48 valence electrons. The number of hydrogen-bond donors (Lipinski definition) is 1. The van der Waals surface area contributed by atoms with E-state index in [1.807, 2.05) is 6.92 Å². The summed E-state index contributed by atoms with van der Waals surface area (Å²) in [6.07, 6.45) is 0. The second kappa shape index (κ2) is 3.02. The van der Waals surface area contributed by atoms with Crippen LogP contribution in [0.3, 0.4) is 0 Å². The van der Waals surface area contributed by atoms with Crippen LogP contribution in [-0.2, 0) is 0 Å². The molecule has 0 aliphatic rings. The van der Waals surface area contributed by atoms with Crippen LogP contribution in [0.5, 0.6) is 0 Å². The zero-order valence-electron chi connectivity index (χ0n) is 5.64. The van der Waals surface area contributed by atoms with E-state index < -0.39 is 0 Å². The molecular weight excluding hydrogens is 118 g/mol. The van der Waals surface area contributed by atoms with Gasteiger partial charge in [0.25, 0.3) is 0 Å². The molecule has 0 aromatic carbocycles. The normalized spacial score (nSPS) is 14.0. The standard InChI is InChI=1S/C6H13NS/c1-4(2)5(3)6(7)8/h4-5H,1-3H3,(H2,7,8). The minimum Gasteiger partial charge on any atom is -0.393 e. The zero-order chi connectivity index (χ0) is 6.73. The Kier molecular flexibility index (Phi) is 2.98. The fourth-order valence-corrected chi connectivity index (χ4v) is 0.601. The molecule has 0 aliphatic heterocycles. The monoisotopic (exact) mass is 131 g/mol. The Balaban J connectivity index is 3.64. The first kappa shape index (κ1) is 7.89. The van der Waals surface area contributed by atoms with Gasteiger partial charge in [-0.05, 0) is 5.92 Å². The van der Waals surface area contributed by atoms with E-state index in [1.54, 1.807) is 0 Å². The van der Waals surface area contributed by atoms with Crippen LogP contribution in [0.25, 0.3) is 0 Å². The van der Waals surface area contributed by atoms with E-state index in [4.69, 9.17) is 18.0 Å². The van der Waals surface area contributed by atoms with Crippen LogP contribution in [0.15, 0.2) is 0 Å². The highest BCUT2D eigenvalue weighted by Crippen LogP contribution is 2.08. The van der Waals surface area contributed by atoms with Crippen LogP contribution in [0.2, 0.25) is 0 Å².